The number of nitrogens with zero attached hydrogens (tertiary/aromatic N) is 1. The van der Waals surface area contributed by atoms with Crippen LogP contribution in [0, 0.1) is 6.92 Å². The van der Waals surface area contributed by atoms with Crippen molar-refractivity contribution in [1.29, 1.82) is 0 Å². The van der Waals surface area contributed by atoms with E-state index in [2.05, 4.69) is 46.0 Å². The zero-order valence-corrected chi connectivity index (χ0v) is 8.30. The SMILES string of the molecule is Cc1ccc2cncc(Br)c2c1. The lowest BCUT2D eigenvalue weighted by Gasteiger charge is -2.00. The summed E-state index contributed by atoms with van der Waals surface area (Å²) in [6.07, 6.45) is 3.70. The summed E-state index contributed by atoms with van der Waals surface area (Å²) in [6, 6.07) is 6.33. The molecule has 0 amide bonds. The number of hydrogen-bond donors (Lipinski definition) is 0. The van der Waals surface area contributed by atoms with Crippen molar-refractivity contribution < 1.29 is 0 Å². The molecule has 0 bridgehead atoms. The van der Waals surface area contributed by atoms with E-state index in [4.69, 9.17) is 0 Å². The summed E-state index contributed by atoms with van der Waals surface area (Å²) in [7, 11) is 0. The van der Waals surface area contributed by atoms with Crippen LogP contribution in [0.2, 0.25) is 0 Å². The molecule has 0 radical (unpaired) electrons. The lowest BCUT2D eigenvalue weighted by molar-refractivity contribution is 1.34. The van der Waals surface area contributed by atoms with Gasteiger partial charge in [-0.15, -0.1) is 0 Å². The summed E-state index contributed by atoms with van der Waals surface area (Å²) in [5.74, 6) is 0. The second-order valence-electron chi connectivity index (χ2n) is 2.85. The Balaban J connectivity index is 2.88. The average molecular weight is 222 g/mol. The second-order valence-corrected chi connectivity index (χ2v) is 3.70. The minimum absolute atomic E-state index is 1.06. The Labute approximate surface area is 79.6 Å². The van der Waals surface area contributed by atoms with Gasteiger partial charge in [-0.05, 0) is 28.2 Å². The predicted molar refractivity (Wildman–Crippen MR) is 54.2 cm³/mol. The molecule has 0 aliphatic carbocycles. The molecule has 0 N–H and O–H groups in total. The molecule has 2 heteroatoms. The fraction of sp³-hybridized carbons (Fsp3) is 0.100. The summed E-state index contributed by atoms with van der Waals surface area (Å²) in [5, 5.41) is 2.40. The van der Waals surface area contributed by atoms with Gasteiger partial charge in [0.15, 0.2) is 0 Å². The highest BCUT2D eigenvalue weighted by molar-refractivity contribution is 9.10. The Morgan fingerprint density at radius 2 is 2.08 bits per heavy atom. The van der Waals surface area contributed by atoms with E-state index in [1.165, 1.54) is 16.3 Å². The van der Waals surface area contributed by atoms with E-state index in [0.29, 0.717) is 0 Å². The van der Waals surface area contributed by atoms with Gasteiger partial charge in [-0.1, -0.05) is 23.8 Å². The van der Waals surface area contributed by atoms with Crippen LogP contribution in [0.3, 0.4) is 0 Å². The third-order valence-electron chi connectivity index (χ3n) is 1.87. The topological polar surface area (TPSA) is 12.9 Å². The molecule has 2 rings (SSSR count). The third-order valence-corrected chi connectivity index (χ3v) is 2.50. The number of aryl methyl sites for hydroxylation is 1. The van der Waals surface area contributed by atoms with Crippen LogP contribution >= 0.6 is 15.9 Å². The monoisotopic (exact) mass is 221 g/mol. The van der Waals surface area contributed by atoms with Crippen molar-refractivity contribution in [3.63, 3.8) is 0 Å². The van der Waals surface area contributed by atoms with Crippen molar-refractivity contribution >= 4 is 26.7 Å². The second kappa shape index (κ2) is 2.87. The molecule has 12 heavy (non-hydrogen) atoms. The summed E-state index contributed by atoms with van der Waals surface area (Å²) in [6.45, 7) is 2.09. The first kappa shape index (κ1) is 7.74. The van der Waals surface area contributed by atoms with Crippen molar-refractivity contribution in [3.05, 3.63) is 40.6 Å². The first-order valence-electron chi connectivity index (χ1n) is 3.77. The quantitative estimate of drug-likeness (QED) is 0.666. The van der Waals surface area contributed by atoms with Crippen LogP contribution in [0.1, 0.15) is 5.56 Å². The van der Waals surface area contributed by atoms with Crippen LogP contribution in [0.25, 0.3) is 10.8 Å². The summed E-state index contributed by atoms with van der Waals surface area (Å²) in [4.78, 5) is 4.10. The van der Waals surface area contributed by atoms with Gasteiger partial charge < -0.3 is 0 Å². The highest BCUT2D eigenvalue weighted by Crippen LogP contribution is 2.22. The van der Waals surface area contributed by atoms with E-state index in [-0.39, 0.29) is 0 Å². The number of rotatable bonds is 0. The number of hydrogen-bond acceptors (Lipinski definition) is 1. The van der Waals surface area contributed by atoms with E-state index in [0.717, 1.165) is 4.47 Å². The van der Waals surface area contributed by atoms with Gasteiger partial charge in [0.2, 0.25) is 0 Å². The van der Waals surface area contributed by atoms with Crippen LogP contribution in [0.5, 0.6) is 0 Å². The Hall–Kier alpha value is -0.890. The molecule has 1 heterocycles. The predicted octanol–water partition coefficient (Wildman–Crippen LogP) is 3.31. The fourth-order valence-corrected chi connectivity index (χ4v) is 1.70. The van der Waals surface area contributed by atoms with Gasteiger partial charge in [-0.3, -0.25) is 4.98 Å². The molecule has 0 spiro atoms. The molecule has 0 aliphatic heterocycles. The lowest BCUT2D eigenvalue weighted by atomic mass is 10.1. The van der Waals surface area contributed by atoms with Crippen molar-refractivity contribution in [3.8, 4) is 0 Å². The molecule has 0 saturated heterocycles. The van der Waals surface area contributed by atoms with Crippen LogP contribution in [0.4, 0.5) is 0 Å². The zero-order chi connectivity index (χ0) is 8.55. The maximum atomic E-state index is 4.10. The van der Waals surface area contributed by atoms with E-state index < -0.39 is 0 Å². The molecule has 0 unspecified atom stereocenters. The molecule has 60 valence electrons. The molecular weight excluding hydrogens is 214 g/mol. The lowest BCUT2D eigenvalue weighted by Crippen LogP contribution is -1.78. The molecule has 1 aromatic heterocycles. The highest BCUT2D eigenvalue weighted by Gasteiger charge is 1.97. The Morgan fingerprint density at radius 1 is 1.25 bits per heavy atom. The molecule has 0 atom stereocenters. The van der Waals surface area contributed by atoms with Crippen molar-refractivity contribution in [1.82, 2.24) is 4.98 Å². The van der Waals surface area contributed by atoms with Crippen molar-refractivity contribution in [2.24, 2.45) is 0 Å². The minimum atomic E-state index is 1.06. The minimum Gasteiger partial charge on any atom is -0.263 e. The largest absolute Gasteiger partial charge is 0.263 e. The van der Waals surface area contributed by atoms with E-state index in [1.54, 1.807) is 0 Å². The van der Waals surface area contributed by atoms with Crippen molar-refractivity contribution in [2.75, 3.05) is 0 Å². The maximum Gasteiger partial charge on any atom is 0.0437 e. The molecule has 0 aliphatic rings. The summed E-state index contributed by atoms with van der Waals surface area (Å²) < 4.78 is 1.06. The maximum absolute atomic E-state index is 4.10. The normalized spacial score (nSPS) is 10.5. The number of halogens is 1. The van der Waals surface area contributed by atoms with Gasteiger partial charge >= 0.3 is 0 Å². The van der Waals surface area contributed by atoms with Crippen molar-refractivity contribution in [2.45, 2.75) is 6.92 Å². The van der Waals surface area contributed by atoms with E-state index >= 15 is 0 Å². The van der Waals surface area contributed by atoms with Crippen LogP contribution in [0.15, 0.2) is 35.1 Å². The highest BCUT2D eigenvalue weighted by atomic mass is 79.9. The Bertz CT molecular complexity index is 423. The van der Waals surface area contributed by atoms with E-state index in [1.807, 2.05) is 12.4 Å². The van der Waals surface area contributed by atoms with Crippen LogP contribution in [-0.2, 0) is 0 Å². The fourth-order valence-electron chi connectivity index (χ4n) is 1.24. The number of pyridine rings is 1. The van der Waals surface area contributed by atoms with Gasteiger partial charge in [0.05, 0.1) is 0 Å². The van der Waals surface area contributed by atoms with E-state index in [9.17, 15) is 0 Å². The average Bonchev–Trinajstić information content (AvgIpc) is 2.07. The Kier molecular flexibility index (Phi) is 1.85. The summed E-state index contributed by atoms with van der Waals surface area (Å²) >= 11 is 3.47. The number of fused-ring (bicyclic) bond motifs is 1. The molecule has 0 saturated carbocycles. The smallest absolute Gasteiger partial charge is 0.0437 e. The first-order chi connectivity index (χ1) is 5.77. The van der Waals surface area contributed by atoms with Gasteiger partial charge in [0.25, 0.3) is 0 Å². The van der Waals surface area contributed by atoms with Gasteiger partial charge in [0, 0.05) is 22.3 Å². The standard InChI is InChI=1S/C10H8BrN/c1-7-2-3-8-5-12-6-10(11)9(8)4-7/h2-6H,1H3. The molecule has 2 aromatic rings. The molecular formula is C10H8BrN. The zero-order valence-electron chi connectivity index (χ0n) is 6.71. The van der Waals surface area contributed by atoms with Gasteiger partial charge in [-0.25, -0.2) is 0 Å². The van der Waals surface area contributed by atoms with Crippen LogP contribution < -0.4 is 0 Å². The molecule has 1 nitrogen and oxygen atoms in total. The summed E-state index contributed by atoms with van der Waals surface area (Å²) in [5.41, 5.74) is 1.27. The van der Waals surface area contributed by atoms with Gasteiger partial charge in [-0.2, -0.15) is 0 Å². The molecule has 0 fully saturated rings. The third kappa shape index (κ3) is 1.23. The van der Waals surface area contributed by atoms with Crippen LogP contribution in [-0.4, -0.2) is 4.98 Å². The number of benzene rings is 1. The molecule has 1 aromatic carbocycles. The number of aromatic nitrogens is 1. The first-order valence-corrected chi connectivity index (χ1v) is 4.56. The Morgan fingerprint density at radius 3 is 2.92 bits per heavy atom. The van der Waals surface area contributed by atoms with Gasteiger partial charge in [0.1, 0.15) is 0 Å².